The van der Waals surface area contributed by atoms with Gasteiger partial charge in [0.1, 0.15) is 17.8 Å². The summed E-state index contributed by atoms with van der Waals surface area (Å²) in [6.07, 6.45) is 5.25. The van der Waals surface area contributed by atoms with Gasteiger partial charge in [-0.15, -0.1) is 10.2 Å². The van der Waals surface area contributed by atoms with Crippen molar-refractivity contribution in [3.8, 4) is 17.6 Å². The summed E-state index contributed by atoms with van der Waals surface area (Å²) in [7, 11) is 0. The van der Waals surface area contributed by atoms with E-state index in [4.69, 9.17) is 10.5 Å². The summed E-state index contributed by atoms with van der Waals surface area (Å²) in [5, 5.41) is 17.2. The molecule has 3 rings (SSSR count). The lowest BCUT2D eigenvalue weighted by Crippen LogP contribution is -2.10. The second-order valence-corrected chi connectivity index (χ2v) is 6.59. The fourth-order valence-electron chi connectivity index (χ4n) is 2.55. The molecule has 0 radical (unpaired) electrons. The molecule has 0 bridgehead atoms. The van der Waals surface area contributed by atoms with Gasteiger partial charge in [-0.1, -0.05) is 22.0 Å². The predicted molar refractivity (Wildman–Crippen MR) is 97.4 cm³/mol. The van der Waals surface area contributed by atoms with E-state index in [9.17, 15) is 5.26 Å². The van der Waals surface area contributed by atoms with Gasteiger partial charge < -0.3 is 15.0 Å². The topological polar surface area (TPSA) is 103 Å². The summed E-state index contributed by atoms with van der Waals surface area (Å²) >= 11 is 3.44. The summed E-state index contributed by atoms with van der Waals surface area (Å²) < 4.78 is 8.68. The Kier molecular flexibility index (Phi) is 5.58. The number of nitrogen functional groups attached to an aromatic ring is 1. The lowest BCUT2D eigenvalue weighted by Gasteiger charge is -2.14. The molecule has 0 aromatic carbocycles. The van der Waals surface area contributed by atoms with E-state index in [2.05, 4.69) is 37.2 Å². The molecule has 0 unspecified atom stereocenters. The Hall–Kier alpha value is -2.50. The first-order chi connectivity index (χ1) is 12.2. The number of nitrogens with two attached hydrogens (primary N) is 1. The molecule has 1 aliphatic carbocycles. The van der Waals surface area contributed by atoms with Crippen LogP contribution in [-0.2, 0) is 11.3 Å². The number of hydrogen-bond donors (Lipinski definition) is 1. The van der Waals surface area contributed by atoms with Crippen LogP contribution < -0.4 is 5.73 Å². The smallest absolute Gasteiger partial charge is 0.182 e. The number of anilines is 1. The van der Waals surface area contributed by atoms with Crippen LogP contribution in [0.15, 0.2) is 46.2 Å². The van der Waals surface area contributed by atoms with Gasteiger partial charge in [-0.25, -0.2) is 4.98 Å². The number of rotatable bonds is 6. The van der Waals surface area contributed by atoms with Crippen molar-refractivity contribution in [3.63, 3.8) is 0 Å². The van der Waals surface area contributed by atoms with Crippen molar-refractivity contribution >= 4 is 21.7 Å². The normalized spacial score (nSPS) is 14.3. The predicted octanol–water partition coefficient (Wildman–Crippen LogP) is 2.83. The van der Waals surface area contributed by atoms with Crippen molar-refractivity contribution in [3.05, 3.63) is 46.2 Å². The van der Waals surface area contributed by atoms with Gasteiger partial charge in [0.05, 0.1) is 24.9 Å². The van der Waals surface area contributed by atoms with Gasteiger partial charge >= 0.3 is 0 Å². The minimum absolute atomic E-state index is 0.441. The molecule has 2 aromatic rings. The van der Waals surface area contributed by atoms with E-state index in [1.165, 1.54) is 0 Å². The van der Waals surface area contributed by atoms with Crippen LogP contribution in [0.1, 0.15) is 12.8 Å². The third-order valence-corrected chi connectivity index (χ3v) is 4.46. The van der Waals surface area contributed by atoms with Crippen LogP contribution in [0.5, 0.6) is 0 Å². The molecule has 128 valence electrons. The maximum absolute atomic E-state index is 9.20. The van der Waals surface area contributed by atoms with E-state index in [0.29, 0.717) is 42.7 Å². The molecule has 0 fully saturated rings. The summed E-state index contributed by atoms with van der Waals surface area (Å²) in [6, 6.07) is 7.62. The monoisotopic (exact) mass is 400 g/mol. The van der Waals surface area contributed by atoms with Crippen LogP contribution in [0.2, 0.25) is 0 Å². The standard InChI is InChI=1S/C17H17BrN6O/c18-14-5-4-12(13(8-14)9-19)10-25-7-6-24-11-21-23-17(24)15-2-1-3-16(20)22-15/h1-3,8,11H,4-7,10H2,(H2,20,22). The van der Waals surface area contributed by atoms with Crippen LogP contribution in [0.25, 0.3) is 11.5 Å². The van der Waals surface area contributed by atoms with Gasteiger partial charge in [0.25, 0.3) is 0 Å². The number of nitriles is 1. The number of aromatic nitrogens is 4. The van der Waals surface area contributed by atoms with Crippen LogP contribution in [0.3, 0.4) is 0 Å². The highest BCUT2D eigenvalue weighted by Gasteiger charge is 2.13. The fourth-order valence-corrected chi connectivity index (χ4v) is 2.98. The second kappa shape index (κ2) is 8.05. The quantitative estimate of drug-likeness (QED) is 0.747. The highest BCUT2D eigenvalue weighted by molar-refractivity contribution is 9.11. The molecule has 8 heteroatoms. The third kappa shape index (κ3) is 4.32. The zero-order valence-corrected chi connectivity index (χ0v) is 15.1. The Bertz CT molecular complexity index is 864. The van der Waals surface area contributed by atoms with E-state index < -0.39 is 0 Å². The molecule has 0 atom stereocenters. The highest BCUT2D eigenvalue weighted by Crippen LogP contribution is 2.27. The van der Waals surface area contributed by atoms with Gasteiger partial charge in [0.15, 0.2) is 5.82 Å². The molecule has 0 aliphatic heterocycles. The van der Waals surface area contributed by atoms with Crippen molar-refractivity contribution in [1.29, 1.82) is 5.26 Å². The van der Waals surface area contributed by atoms with Crippen molar-refractivity contribution in [2.75, 3.05) is 18.9 Å². The summed E-state index contributed by atoms with van der Waals surface area (Å²) in [5.41, 5.74) is 8.12. The van der Waals surface area contributed by atoms with Crippen molar-refractivity contribution in [1.82, 2.24) is 19.7 Å². The lowest BCUT2D eigenvalue weighted by atomic mass is 9.99. The zero-order valence-electron chi connectivity index (χ0n) is 13.5. The second-order valence-electron chi connectivity index (χ2n) is 5.57. The molecular formula is C17H17BrN6O. The van der Waals surface area contributed by atoms with Crippen LogP contribution in [0.4, 0.5) is 5.82 Å². The highest BCUT2D eigenvalue weighted by atomic mass is 79.9. The minimum atomic E-state index is 0.441. The zero-order chi connectivity index (χ0) is 17.6. The first-order valence-corrected chi connectivity index (χ1v) is 8.63. The first kappa shape index (κ1) is 17.3. The Balaban J connectivity index is 1.59. The number of halogens is 1. The molecule has 0 amide bonds. The van der Waals surface area contributed by atoms with Gasteiger partial charge in [-0.3, -0.25) is 0 Å². The van der Waals surface area contributed by atoms with Crippen molar-refractivity contribution < 1.29 is 4.74 Å². The van der Waals surface area contributed by atoms with Gasteiger partial charge in [-0.05, 0) is 41.1 Å². The number of allylic oxidation sites excluding steroid dienone is 3. The first-order valence-electron chi connectivity index (χ1n) is 7.84. The number of nitrogens with zero attached hydrogens (tertiary/aromatic N) is 5. The molecule has 0 saturated heterocycles. The maximum atomic E-state index is 9.20. The van der Waals surface area contributed by atoms with E-state index in [0.717, 1.165) is 22.9 Å². The maximum Gasteiger partial charge on any atom is 0.182 e. The Labute approximate surface area is 154 Å². The molecule has 2 heterocycles. The lowest BCUT2D eigenvalue weighted by molar-refractivity contribution is 0.145. The average Bonchev–Trinajstić information content (AvgIpc) is 3.08. The third-order valence-electron chi connectivity index (χ3n) is 3.84. The van der Waals surface area contributed by atoms with Crippen LogP contribution in [-0.4, -0.2) is 33.0 Å². The number of ether oxygens (including phenoxy) is 1. The van der Waals surface area contributed by atoms with E-state index >= 15 is 0 Å². The van der Waals surface area contributed by atoms with Crippen LogP contribution in [0, 0.1) is 11.3 Å². The average molecular weight is 401 g/mol. The van der Waals surface area contributed by atoms with E-state index in [1.54, 1.807) is 12.4 Å². The number of hydrogen-bond acceptors (Lipinski definition) is 6. The molecule has 2 aromatic heterocycles. The molecule has 7 nitrogen and oxygen atoms in total. The van der Waals surface area contributed by atoms with Crippen molar-refractivity contribution in [2.24, 2.45) is 0 Å². The molecular weight excluding hydrogens is 384 g/mol. The molecule has 0 saturated carbocycles. The van der Waals surface area contributed by atoms with Gasteiger partial charge in [0.2, 0.25) is 0 Å². The van der Waals surface area contributed by atoms with Crippen LogP contribution >= 0.6 is 15.9 Å². The Morgan fingerprint density at radius 1 is 1.36 bits per heavy atom. The molecule has 1 aliphatic rings. The van der Waals surface area contributed by atoms with E-state index in [-0.39, 0.29) is 0 Å². The van der Waals surface area contributed by atoms with Gasteiger partial charge in [-0.2, -0.15) is 5.26 Å². The van der Waals surface area contributed by atoms with Crippen molar-refractivity contribution in [2.45, 2.75) is 19.4 Å². The molecule has 25 heavy (non-hydrogen) atoms. The minimum Gasteiger partial charge on any atom is -0.384 e. The Morgan fingerprint density at radius 3 is 3.04 bits per heavy atom. The Morgan fingerprint density at radius 2 is 2.24 bits per heavy atom. The summed E-state index contributed by atoms with van der Waals surface area (Å²) in [6.45, 7) is 1.53. The SMILES string of the molecule is N#CC1=C(COCCn2cnnc2-c2cccc(N)n2)CCC(Br)=C1. The molecule has 0 spiro atoms. The van der Waals surface area contributed by atoms with Gasteiger partial charge in [0, 0.05) is 6.54 Å². The van der Waals surface area contributed by atoms with E-state index in [1.807, 2.05) is 22.8 Å². The summed E-state index contributed by atoms with van der Waals surface area (Å²) in [5.74, 6) is 1.09. The largest absolute Gasteiger partial charge is 0.384 e. The molecule has 2 N–H and O–H groups in total. The fraction of sp³-hybridized carbons (Fsp3) is 0.294. The summed E-state index contributed by atoms with van der Waals surface area (Å²) in [4.78, 5) is 4.27. The number of pyridine rings is 1.